The van der Waals surface area contributed by atoms with Crippen LogP contribution in [0.1, 0.15) is 12.5 Å². The van der Waals surface area contributed by atoms with Crippen LogP contribution in [0.4, 0.5) is 5.69 Å². The second-order valence-corrected chi connectivity index (χ2v) is 3.65. The minimum absolute atomic E-state index is 0.783. The molecule has 0 aliphatic carbocycles. The van der Waals surface area contributed by atoms with Crippen molar-refractivity contribution in [3.8, 4) is 0 Å². The van der Waals surface area contributed by atoms with E-state index in [1.165, 1.54) is 0 Å². The molecule has 11 heavy (non-hydrogen) atoms. The predicted molar refractivity (Wildman–Crippen MR) is 55.2 cm³/mol. The van der Waals surface area contributed by atoms with E-state index in [2.05, 4.69) is 35.5 Å². The first kappa shape index (κ1) is 8.94. The molecule has 0 aromatic heterocycles. The number of nitrogen functional groups attached to an aromatic ring is 1. The maximum atomic E-state index is 5.79. The zero-order chi connectivity index (χ0) is 8.43. The van der Waals surface area contributed by atoms with Crippen molar-refractivity contribution in [3.63, 3.8) is 0 Å². The second-order valence-electron chi connectivity index (χ2n) is 2.31. The molecule has 0 saturated heterocycles. The number of halogens is 1. The van der Waals surface area contributed by atoms with E-state index in [0.29, 0.717) is 0 Å². The molecule has 1 nitrogen and oxygen atoms in total. The molecular formula is C8H10BrNS. The normalized spacial score (nSPS) is 10.1. The number of anilines is 1. The van der Waals surface area contributed by atoms with Gasteiger partial charge in [-0.05, 0) is 24.1 Å². The van der Waals surface area contributed by atoms with Crippen LogP contribution in [-0.2, 0) is 6.42 Å². The Morgan fingerprint density at radius 1 is 1.55 bits per heavy atom. The van der Waals surface area contributed by atoms with Gasteiger partial charge in [-0.25, -0.2) is 0 Å². The van der Waals surface area contributed by atoms with E-state index >= 15 is 0 Å². The van der Waals surface area contributed by atoms with Gasteiger partial charge in [-0.2, -0.15) is 0 Å². The van der Waals surface area contributed by atoms with Crippen LogP contribution in [0.2, 0.25) is 0 Å². The van der Waals surface area contributed by atoms with E-state index < -0.39 is 0 Å². The average molecular weight is 232 g/mol. The summed E-state index contributed by atoms with van der Waals surface area (Å²) >= 11 is 7.65. The highest BCUT2D eigenvalue weighted by Gasteiger charge is 2.03. The van der Waals surface area contributed by atoms with Gasteiger partial charge in [-0.1, -0.05) is 22.9 Å². The van der Waals surface area contributed by atoms with Gasteiger partial charge < -0.3 is 5.73 Å². The molecule has 1 aromatic rings. The van der Waals surface area contributed by atoms with Crippen LogP contribution < -0.4 is 5.73 Å². The van der Waals surface area contributed by atoms with Crippen LogP contribution in [0.15, 0.2) is 21.5 Å². The summed E-state index contributed by atoms with van der Waals surface area (Å²) in [5.74, 6) is 0. The Labute approximate surface area is 80.5 Å². The molecule has 0 radical (unpaired) electrons. The number of thiol groups is 1. The molecule has 0 atom stereocenters. The number of benzene rings is 1. The summed E-state index contributed by atoms with van der Waals surface area (Å²) in [6, 6.07) is 3.86. The smallest absolute Gasteiger partial charge is 0.0493 e. The maximum absolute atomic E-state index is 5.79. The molecule has 0 saturated carbocycles. The van der Waals surface area contributed by atoms with Gasteiger partial charge in [0.2, 0.25) is 0 Å². The molecular weight excluding hydrogens is 222 g/mol. The van der Waals surface area contributed by atoms with Crippen molar-refractivity contribution in [1.29, 1.82) is 0 Å². The van der Waals surface area contributed by atoms with E-state index in [-0.39, 0.29) is 0 Å². The lowest BCUT2D eigenvalue weighted by Gasteiger charge is -2.07. The summed E-state index contributed by atoms with van der Waals surface area (Å²) in [5, 5.41) is 0. The van der Waals surface area contributed by atoms with Crippen LogP contribution in [-0.4, -0.2) is 0 Å². The Kier molecular flexibility index (Phi) is 2.84. The Balaban J connectivity index is 3.29. The molecule has 0 heterocycles. The van der Waals surface area contributed by atoms with Crippen molar-refractivity contribution in [3.05, 3.63) is 22.2 Å². The minimum Gasteiger partial charge on any atom is -0.398 e. The fourth-order valence-corrected chi connectivity index (χ4v) is 1.82. The van der Waals surface area contributed by atoms with Gasteiger partial charge in [0.15, 0.2) is 0 Å². The number of rotatable bonds is 1. The molecule has 0 amide bonds. The van der Waals surface area contributed by atoms with Crippen LogP contribution in [0, 0.1) is 0 Å². The zero-order valence-corrected chi connectivity index (χ0v) is 8.74. The van der Waals surface area contributed by atoms with Gasteiger partial charge in [0.05, 0.1) is 0 Å². The van der Waals surface area contributed by atoms with Gasteiger partial charge >= 0.3 is 0 Å². The summed E-state index contributed by atoms with van der Waals surface area (Å²) in [6.45, 7) is 2.07. The quantitative estimate of drug-likeness (QED) is 0.565. The lowest BCUT2D eigenvalue weighted by molar-refractivity contribution is 1.12. The molecule has 0 bridgehead atoms. The number of hydrogen-bond acceptors (Lipinski definition) is 2. The van der Waals surface area contributed by atoms with Crippen LogP contribution in [0.5, 0.6) is 0 Å². The lowest BCUT2D eigenvalue weighted by atomic mass is 10.1. The molecule has 0 spiro atoms. The molecule has 1 aromatic carbocycles. The van der Waals surface area contributed by atoms with E-state index in [1.807, 2.05) is 12.1 Å². The first-order valence-electron chi connectivity index (χ1n) is 3.42. The molecule has 1 rings (SSSR count). The third kappa shape index (κ3) is 1.71. The van der Waals surface area contributed by atoms with Gasteiger partial charge in [0.25, 0.3) is 0 Å². The summed E-state index contributed by atoms with van der Waals surface area (Å²) in [5.41, 5.74) is 7.71. The summed E-state index contributed by atoms with van der Waals surface area (Å²) in [6.07, 6.45) is 0.931. The van der Waals surface area contributed by atoms with Crippen LogP contribution in [0.3, 0.4) is 0 Å². The van der Waals surface area contributed by atoms with E-state index in [4.69, 9.17) is 5.73 Å². The molecule has 3 heteroatoms. The van der Waals surface area contributed by atoms with E-state index in [1.54, 1.807) is 0 Å². The number of hydrogen-bond donors (Lipinski definition) is 2. The fraction of sp³-hybridized carbons (Fsp3) is 0.250. The first-order chi connectivity index (χ1) is 5.16. The van der Waals surface area contributed by atoms with Crippen molar-refractivity contribution in [2.24, 2.45) is 0 Å². The van der Waals surface area contributed by atoms with Crippen LogP contribution in [0.25, 0.3) is 0 Å². The largest absolute Gasteiger partial charge is 0.398 e. The minimum atomic E-state index is 0.783. The molecule has 0 fully saturated rings. The van der Waals surface area contributed by atoms with E-state index in [0.717, 1.165) is 27.0 Å². The Bertz CT molecular complexity index is 273. The summed E-state index contributed by atoms with van der Waals surface area (Å²) in [4.78, 5) is 0.852. The zero-order valence-electron chi connectivity index (χ0n) is 6.26. The standard InChI is InChI=1S/C8H10BrNS/c1-2-5-6(9)3-4-7(11)8(5)10/h3-4,11H,2,10H2,1H3. The highest BCUT2D eigenvalue weighted by atomic mass is 79.9. The van der Waals surface area contributed by atoms with Gasteiger partial charge in [-0.15, -0.1) is 12.6 Å². The first-order valence-corrected chi connectivity index (χ1v) is 4.66. The summed E-state index contributed by atoms with van der Waals surface area (Å²) in [7, 11) is 0. The average Bonchev–Trinajstić information content (AvgIpc) is 1.99. The summed E-state index contributed by atoms with van der Waals surface area (Å²) < 4.78 is 1.07. The third-order valence-corrected chi connectivity index (χ3v) is 2.76. The Morgan fingerprint density at radius 2 is 2.18 bits per heavy atom. The van der Waals surface area contributed by atoms with E-state index in [9.17, 15) is 0 Å². The fourth-order valence-electron chi connectivity index (χ4n) is 0.985. The van der Waals surface area contributed by atoms with Crippen LogP contribution >= 0.6 is 28.6 Å². The van der Waals surface area contributed by atoms with Crippen molar-refractivity contribution in [2.45, 2.75) is 18.2 Å². The molecule has 60 valence electrons. The van der Waals surface area contributed by atoms with Gasteiger partial charge in [0, 0.05) is 15.1 Å². The third-order valence-electron chi connectivity index (χ3n) is 1.63. The molecule has 0 unspecified atom stereocenters. The second kappa shape index (κ2) is 3.50. The van der Waals surface area contributed by atoms with Crippen molar-refractivity contribution in [2.75, 3.05) is 5.73 Å². The monoisotopic (exact) mass is 231 g/mol. The Hall–Kier alpha value is -0.150. The highest BCUT2D eigenvalue weighted by Crippen LogP contribution is 2.28. The van der Waals surface area contributed by atoms with Crippen molar-refractivity contribution in [1.82, 2.24) is 0 Å². The van der Waals surface area contributed by atoms with Gasteiger partial charge in [0.1, 0.15) is 0 Å². The topological polar surface area (TPSA) is 26.0 Å². The molecule has 0 aliphatic rings. The predicted octanol–water partition coefficient (Wildman–Crippen LogP) is 2.88. The van der Waals surface area contributed by atoms with Crippen molar-refractivity contribution >= 4 is 34.2 Å². The maximum Gasteiger partial charge on any atom is 0.0493 e. The SMILES string of the molecule is CCc1c(Br)ccc(S)c1N. The van der Waals surface area contributed by atoms with Gasteiger partial charge in [-0.3, -0.25) is 0 Å². The van der Waals surface area contributed by atoms with Crippen molar-refractivity contribution < 1.29 is 0 Å². The Morgan fingerprint density at radius 3 is 2.64 bits per heavy atom. The molecule has 2 N–H and O–H groups in total. The molecule has 0 aliphatic heterocycles. The highest BCUT2D eigenvalue weighted by molar-refractivity contribution is 9.10. The number of nitrogens with two attached hydrogens (primary N) is 1. The lowest BCUT2D eigenvalue weighted by Crippen LogP contribution is -1.95.